The Bertz CT molecular complexity index is 1020. The van der Waals surface area contributed by atoms with E-state index in [1.807, 2.05) is 30.1 Å². The Morgan fingerprint density at radius 2 is 1.83 bits per heavy atom. The summed E-state index contributed by atoms with van der Waals surface area (Å²) in [6.45, 7) is 1.43. The number of nitrogens with zero attached hydrogens (tertiary/aromatic N) is 5. The highest BCUT2D eigenvalue weighted by Crippen LogP contribution is 2.31. The molecule has 1 saturated heterocycles. The summed E-state index contributed by atoms with van der Waals surface area (Å²) in [6, 6.07) is 5.60. The lowest BCUT2D eigenvalue weighted by atomic mass is 9.92. The highest BCUT2D eigenvalue weighted by atomic mass is 16.5. The fraction of sp³-hybridized carbons (Fsp3) is 0.429. The second-order valence-corrected chi connectivity index (χ2v) is 7.26. The highest BCUT2D eigenvalue weighted by Gasteiger charge is 2.28. The third-order valence-corrected chi connectivity index (χ3v) is 5.52. The number of carbonyl (C=O) groups is 1. The van der Waals surface area contributed by atoms with Crippen LogP contribution in [0.3, 0.4) is 0 Å². The summed E-state index contributed by atoms with van der Waals surface area (Å²) in [6.07, 6.45) is 5.49. The maximum absolute atomic E-state index is 12.8. The van der Waals surface area contributed by atoms with Gasteiger partial charge in [-0.15, -0.1) is 0 Å². The van der Waals surface area contributed by atoms with Crippen LogP contribution in [0, 0.1) is 0 Å². The molecule has 29 heavy (non-hydrogen) atoms. The van der Waals surface area contributed by atoms with Crippen molar-refractivity contribution in [1.82, 2.24) is 24.6 Å². The van der Waals surface area contributed by atoms with Crippen LogP contribution >= 0.6 is 0 Å². The van der Waals surface area contributed by atoms with Gasteiger partial charge in [-0.25, -0.2) is 14.6 Å². The third kappa shape index (κ3) is 3.74. The van der Waals surface area contributed by atoms with E-state index >= 15 is 0 Å². The van der Waals surface area contributed by atoms with Crippen LogP contribution in [0.4, 0.5) is 0 Å². The van der Waals surface area contributed by atoms with Gasteiger partial charge in [0, 0.05) is 38.4 Å². The number of benzene rings is 1. The van der Waals surface area contributed by atoms with Crippen LogP contribution in [0.15, 0.2) is 30.6 Å². The van der Waals surface area contributed by atoms with Gasteiger partial charge in [-0.2, -0.15) is 5.10 Å². The number of aryl methyl sites for hydroxylation is 1. The number of amides is 1. The van der Waals surface area contributed by atoms with Crippen molar-refractivity contribution in [1.29, 1.82) is 0 Å². The fourth-order valence-electron chi connectivity index (χ4n) is 3.96. The van der Waals surface area contributed by atoms with Crippen molar-refractivity contribution < 1.29 is 14.3 Å². The van der Waals surface area contributed by atoms with Crippen molar-refractivity contribution in [2.45, 2.75) is 25.2 Å². The molecular formula is C21H25N5O3. The number of ether oxygens (including phenoxy) is 2. The summed E-state index contributed by atoms with van der Waals surface area (Å²) in [5.41, 5.74) is 3.57. The molecule has 1 aliphatic heterocycles. The van der Waals surface area contributed by atoms with Gasteiger partial charge in [0.2, 0.25) is 5.91 Å². The number of likely N-dealkylation sites (tertiary alicyclic amines) is 1. The minimum Gasteiger partial charge on any atom is -0.493 e. The van der Waals surface area contributed by atoms with Gasteiger partial charge in [0.25, 0.3) is 0 Å². The maximum Gasteiger partial charge on any atom is 0.226 e. The monoisotopic (exact) mass is 395 g/mol. The van der Waals surface area contributed by atoms with E-state index in [4.69, 9.17) is 9.47 Å². The molecule has 152 valence electrons. The number of rotatable bonds is 5. The smallest absolute Gasteiger partial charge is 0.226 e. The first-order chi connectivity index (χ1) is 14.1. The molecule has 8 heteroatoms. The molecule has 0 spiro atoms. The molecule has 0 aliphatic carbocycles. The average Bonchev–Trinajstić information content (AvgIpc) is 3.10. The van der Waals surface area contributed by atoms with Crippen molar-refractivity contribution in [3.63, 3.8) is 0 Å². The summed E-state index contributed by atoms with van der Waals surface area (Å²) in [7, 11) is 5.09. The number of carbonyl (C=O) groups excluding carboxylic acids is 1. The molecule has 0 unspecified atom stereocenters. The highest BCUT2D eigenvalue weighted by molar-refractivity contribution is 5.79. The first-order valence-corrected chi connectivity index (χ1v) is 9.73. The molecule has 0 bridgehead atoms. The van der Waals surface area contributed by atoms with E-state index in [1.165, 1.54) is 0 Å². The van der Waals surface area contributed by atoms with Gasteiger partial charge in [0.15, 0.2) is 17.1 Å². The Morgan fingerprint density at radius 1 is 1.10 bits per heavy atom. The normalized spacial score (nSPS) is 14.9. The number of hydrogen-bond acceptors (Lipinski definition) is 6. The second kappa shape index (κ2) is 8.06. The molecule has 0 atom stereocenters. The molecule has 1 amide bonds. The summed E-state index contributed by atoms with van der Waals surface area (Å²) in [5.74, 6) is 1.72. The minimum absolute atomic E-state index is 0.126. The van der Waals surface area contributed by atoms with Gasteiger partial charge in [0.1, 0.15) is 5.52 Å². The van der Waals surface area contributed by atoms with Crippen LogP contribution < -0.4 is 9.47 Å². The molecule has 4 rings (SSSR count). The molecule has 3 heterocycles. The molecule has 0 radical (unpaired) electrons. The minimum atomic E-state index is 0.126. The Labute approximate surface area is 169 Å². The van der Waals surface area contributed by atoms with E-state index < -0.39 is 0 Å². The number of fused-ring (bicyclic) bond motifs is 1. The predicted molar refractivity (Wildman–Crippen MR) is 108 cm³/mol. The SMILES string of the molecule is COc1ccc(CC(=O)N2CCC(c3nn(C)c4nccnc34)CC2)cc1OC. The molecular weight excluding hydrogens is 370 g/mol. The topological polar surface area (TPSA) is 82.4 Å². The van der Waals surface area contributed by atoms with Crippen molar-refractivity contribution in [2.75, 3.05) is 27.3 Å². The van der Waals surface area contributed by atoms with E-state index in [-0.39, 0.29) is 5.91 Å². The van der Waals surface area contributed by atoms with Crippen molar-refractivity contribution in [3.05, 3.63) is 41.9 Å². The lowest BCUT2D eigenvalue weighted by Crippen LogP contribution is -2.38. The molecule has 2 aromatic heterocycles. The van der Waals surface area contributed by atoms with Crippen LogP contribution in [0.2, 0.25) is 0 Å². The Morgan fingerprint density at radius 3 is 2.55 bits per heavy atom. The van der Waals surface area contributed by atoms with Crippen LogP contribution in [0.25, 0.3) is 11.2 Å². The number of aromatic nitrogens is 4. The standard InChI is InChI=1S/C21H25N5O3/c1-25-21-20(22-8-9-23-21)19(24-25)15-6-10-26(11-7-15)18(27)13-14-4-5-16(28-2)17(12-14)29-3/h4-5,8-9,12,15H,6-7,10-11,13H2,1-3H3. The Hall–Kier alpha value is -3.16. The van der Waals surface area contributed by atoms with Crippen LogP contribution in [0.5, 0.6) is 11.5 Å². The summed E-state index contributed by atoms with van der Waals surface area (Å²) in [4.78, 5) is 23.6. The van der Waals surface area contributed by atoms with Crippen molar-refractivity contribution in [3.8, 4) is 11.5 Å². The lowest BCUT2D eigenvalue weighted by molar-refractivity contribution is -0.131. The molecule has 1 fully saturated rings. The van der Waals surface area contributed by atoms with Gasteiger partial charge in [-0.1, -0.05) is 6.07 Å². The van der Waals surface area contributed by atoms with Crippen LogP contribution in [-0.2, 0) is 18.3 Å². The molecule has 3 aromatic rings. The Balaban J connectivity index is 1.41. The zero-order valence-corrected chi connectivity index (χ0v) is 17.0. The summed E-state index contributed by atoms with van der Waals surface area (Å²) in [5, 5.41) is 4.65. The van der Waals surface area contributed by atoms with Gasteiger partial charge in [-0.05, 0) is 30.5 Å². The lowest BCUT2D eigenvalue weighted by Gasteiger charge is -2.31. The van der Waals surface area contributed by atoms with E-state index in [9.17, 15) is 4.79 Å². The van der Waals surface area contributed by atoms with Crippen LogP contribution in [-0.4, -0.2) is 57.9 Å². The first-order valence-electron chi connectivity index (χ1n) is 9.73. The zero-order chi connectivity index (χ0) is 20.4. The van der Waals surface area contributed by atoms with Crippen LogP contribution in [0.1, 0.15) is 30.0 Å². The maximum atomic E-state index is 12.8. The zero-order valence-electron chi connectivity index (χ0n) is 17.0. The summed E-state index contributed by atoms with van der Waals surface area (Å²) < 4.78 is 12.4. The largest absolute Gasteiger partial charge is 0.493 e. The second-order valence-electron chi connectivity index (χ2n) is 7.26. The molecule has 1 aromatic carbocycles. The van der Waals surface area contributed by atoms with Gasteiger partial charge >= 0.3 is 0 Å². The summed E-state index contributed by atoms with van der Waals surface area (Å²) >= 11 is 0. The van der Waals surface area contributed by atoms with E-state index in [1.54, 1.807) is 31.3 Å². The predicted octanol–water partition coefficient (Wildman–Crippen LogP) is 2.33. The van der Waals surface area contributed by atoms with Crippen molar-refractivity contribution >= 4 is 17.1 Å². The Kier molecular flexibility index (Phi) is 5.33. The molecule has 0 saturated carbocycles. The average molecular weight is 395 g/mol. The molecule has 1 aliphatic rings. The quantitative estimate of drug-likeness (QED) is 0.659. The fourth-order valence-corrected chi connectivity index (χ4v) is 3.96. The van der Waals surface area contributed by atoms with Gasteiger partial charge in [0.05, 0.1) is 26.3 Å². The van der Waals surface area contributed by atoms with E-state index in [2.05, 4.69) is 15.1 Å². The van der Waals surface area contributed by atoms with Gasteiger partial charge in [-0.3, -0.25) is 4.79 Å². The first kappa shape index (κ1) is 19.2. The number of hydrogen-bond donors (Lipinski definition) is 0. The van der Waals surface area contributed by atoms with Gasteiger partial charge < -0.3 is 14.4 Å². The van der Waals surface area contributed by atoms with Crippen molar-refractivity contribution in [2.24, 2.45) is 7.05 Å². The molecule has 0 N–H and O–H groups in total. The number of piperidine rings is 1. The third-order valence-electron chi connectivity index (χ3n) is 5.52. The van der Waals surface area contributed by atoms with E-state index in [0.29, 0.717) is 23.8 Å². The molecule has 8 nitrogen and oxygen atoms in total. The van der Waals surface area contributed by atoms with E-state index in [0.717, 1.165) is 48.4 Å². The number of methoxy groups -OCH3 is 2.